The van der Waals surface area contributed by atoms with Crippen LogP contribution < -0.4 is 10.2 Å². The Hall–Kier alpha value is -2.09. The van der Waals surface area contributed by atoms with E-state index >= 15 is 0 Å². The lowest BCUT2D eigenvalue weighted by Crippen LogP contribution is -2.47. The molecule has 1 saturated heterocycles. The minimum absolute atomic E-state index is 0.219. The van der Waals surface area contributed by atoms with Gasteiger partial charge < -0.3 is 9.73 Å². The van der Waals surface area contributed by atoms with Gasteiger partial charge in [0.25, 0.3) is 5.89 Å². The van der Waals surface area contributed by atoms with Gasteiger partial charge in [-0.15, -0.1) is 5.10 Å². The number of nitrogens with zero attached hydrogens (tertiary/aromatic N) is 3. The van der Waals surface area contributed by atoms with Gasteiger partial charge in [-0.05, 0) is 36.4 Å². The van der Waals surface area contributed by atoms with E-state index in [4.69, 9.17) is 4.42 Å². The van der Waals surface area contributed by atoms with Crippen molar-refractivity contribution >= 4 is 34.0 Å². The van der Waals surface area contributed by atoms with Crippen molar-refractivity contribution in [2.24, 2.45) is 0 Å². The van der Waals surface area contributed by atoms with Crippen molar-refractivity contribution in [3.63, 3.8) is 0 Å². The van der Waals surface area contributed by atoms with Crippen LogP contribution >= 0.6 is 23.1 Å². The van der Waals surface area contributed by atoms with E-state index in [9.17, 15) is 0 Å². The molecule has 7 heteroatoms. The van der Waals surface area contributed by atoms with Gasteiger partial charge in [0.15, 0.2) is 0 Å². The highest BCUT2D eigenvalue weighted by atomic mass is 32.2. The molecule has 0 amide bonds. The molecule has 27 heavy (non-hydrogen) atoms. The fourth-order valence-corrected chi connectivity index (χ4v) is 5.54. The first-order chi connectivity index (χ1) is 13.4. The monoisotopic (exact) mass is 396 g/mol. The Labute approximate surface area is 166 Å². The predicted octanol–water partition coefficient (Wildman–Crippen LogP) is 4.82. The molecule has 2 atom stereocenters. The zero-order valence-electron chi connectivity index (χ0n) is 14.7. The summed E-state index contributed by atoms with van der Waals surface area (Å²) >= 11 is 3.51. The standard InChI is InChI=1S/C20H20N4OS2/c1-2-6-14(7-3-1)17-12-24(19(27-17)16-8-4-5-10-21-16)20-23-22-18(25-20)15-9-11-26-13-15/h1-3,6-7,9,11-13,16,19,21H,4-5,8,10H2. The SMILES string of the molecule is C1=C(c2ccccc2)SC(C2CCCCN2)N1c1nnc(-c2ccsc2)o1. The number of thiophene rings is 1. The summed E-state index contributed by atoms with van der Waals surface area (Å²) in [5.74, 6) is 0.577. The van der Waals surface area contributed by atoms with Gasteiger partial charge in [0.2, 0.25) is 0 Å². The van der Waals surface area contributed by atoms with Crippen molar-refractivity contribution in [3.8, 4) is 11.5 Å². The summed E-state index contributed by atoms with van der Waals surface area (Å²) in [6.45, 7) is 1.07. The third-order valence-corrected chi connectivity index (χ3v) is 7.01. The maximum atomic E-state index is 6.04. The van der Waals surface area contributed by atoms with Crippen LogP contribution in [0, 0.1) is 0 Å². The zero-order valence-corrected chi connectivity index (χ0v) is 16.4. The third-order valence-electron chi connectivity index (χ3n) is 4.93. The molecule has 5 rings (SSSR count). The van der Waals surface area contributed by atoms with E-state index in [2.05, 4.69) is 50.9 Å². The highest BCUT2D eigenvalue weighted by Crippen LogP contribution is 2.44. The summed E-state index contributed by atoms with van der Waals surface area (Å²) in [6, 6.07) is 13.5. The maximum absolute atomic E-state index is 6.04. The zero-order chi connectivity index (χ0) is 18.1. The normalized spacial score (nSPS) is 22.8. The van der Waals surface area contributed by atoms with Gasteiger partial charge in [0.05, 0.1) is 0 Å². The molecule has 1 fully saturated rings. The van der Waals surface area contributed by atoms with Gasteiger partial charge in [-0.1, -0.05) is 53.6 Å². The fourth-order valence-electron chi connectivity index (χ4n) is 3.55. The summed E-state index contributed by atoms with van der Waals surface area (Å²) in [5, 5.41) is 16.6. The molecule has 2 aliphatic heterocycles. The van der Waals surface area contributed by atoms with E-state index in [1.54, 1.807) is 11.3 Å². The Morgan fingerprint density at radius 1 is 1.07 bits per heavy atom. The van der Waals surface area contributed by atoms with Gasteiger partial charge in [0.1, 0.15) is 5.37 Å². The number of thioether (sulfide) groups is 1. The number of hydrogen-bond acceptors (Lipinski definition) is 7. The van der Waals surface area contributed by atoms with Gasteiger partial charge in [0, 0.05) is 28.1 Å². The summed E-state index contributed by atoms with van der Waals surface area (Å²) in [6.07, 6.45) is 5.82. The first-order valence-corrected chi connectivity index (χ1v) is 11.0. The Morgan fingerprint density at radius 3 is 2.78 bits per heavy atom. The second-order valence-electron chi connectivity index (χ2n) is 6.73. The number of benzene rings is 1. The second-order valence-corrected chi connectivity index (χ2v) is 8.67. The van der Waals surface area contributed by atoms with Crippen LogP contribution in [0.5, 0.6) is 0 Å². The molecule has 5 nitrogen and oxygen atoms in total. The van der Waals surface area contributed by atoms with E-state index in [-0.39, 0.29) is 5.37 Å². The van der Waals surface area contributed by atoms with Gasteiger partial charge in [-0.2, -0.15) is 11.3 Å². The first kappa shape index (κ1) is 17.0. The molecule has 0 bridgehead atoms. The van der Waals surface area contributed by atoms with Crippen LogP contribution in [0.1, 0.15) is 24.8 Å². The smallest absolute Gasteiger partial charge is 0.323 e. The third kappa shape index (κ3) is 3.42. The fraction of sp³-hybridized carbons (Fsp3) is 0.300. The summed E-state index contributed by atoms with van der Waals surface area (Å²) in [4.78, 5) is 3.39. The molecular formula is C20H20N4OS2. The predicted molar refractivity (Wildman–Crippen MR) is 112 cm³/mol. The molecule has 2 aromatic heterocycles. The number of nitrogens with one attached hydrogen (secondary N) is 1. The molecule has 4 heterocycles. The molecular weight excluding hydrogens is 376 g/mol. The van der Waals surface area contributed by atoms with Crippen molar-refractivity contribution < 1.29 is 4.42 Å². The molecule has 3 aromatic rings. The van der Waals surface area contributed by atoms with Crippen LogP contribution in [0.3, 0.4) is 0 Å². The summed E-state index contributed by atoms with van der Waals surface area (Å²) < 4.78 is 6.04. The molecule has 0 radical (unpaired) electrons. The maximum Gasteiger partial charge on any atom is 0.323 e. The summed E-state index contributed by atoms with van der Waals surface area (Å²) in [7, 11) is 0. The van der Waals surface area contributed by atoms with Crippen LogP contribution in [0.25, 0.3) is 16.4 Å². The minimum atomic E-state index is 0.219. The van der Waals surface area contributed by atoms with Crippen molar-refractivity contribution in [2.75, 3.05) is 11.4 Å². The molecule has 1 N–H and O–H groups in total. The topological polar surface area (TPSA) is 54.2 Å². The average molecular weight is 397 g/mol. The lowest BCUT2D eigenvalue weighted by Gasteiger charge is -2.32. The van der Waals surface area contributed by atoms with Crippen LogP contribution in [0.2, 0.25) is 0 Å². The highest BCUT2D eigenvalue weighted by molar-refractivity contribution is 8.09. The van der Waals surface area contributed by atoms with E-state index in [1.165, 1.54) is 23.3 Å². The Balaban J connectivity index is 1.48. The Morgan fingerprint density at radius 2 is 2.00 bits per heavy atom. The molecule has 0 saturated carbocycles. The molecule has 138 valence electrons. The first-order valence-electron chi connectivity index (χ1n) is 9.20. The van der Waals surface area contributed by atoms with Crippen LogP contribution in [-0.2, 0) is 0 Å². The molecule has 0 aliphatic carbocycles. The Kier molecular flexibility index (Phi) is 4.73. The van der Waals surface area contributed by atoms with Crippen LogP contribution in [0.15, 0.2) is 57.8 Å². The van der Waals surface area contributed by atoms with E-state index in [1.807, 2.05) is 34.7 Å². The molecule has 0 spiro atoms. The number of anilines is 1. The van der Waals surface area contributed by atoms with E-state index < -0.39 is 0 Å². The van der Waals surface area contributed by atoms with Gasteiger partial charge in [-0.3, -0.25) is 4.90 Å². The van der Waals surface area contributed by atoms with E-state index in [0.717, 1.165) is 18.5 Å². The van der Waals surface area contributed by atoms with E-state index in [0.29, 0.717) is 17.9 Å². The number of piperidine rings is 1. The lowest BCUT2D eigenvalue weighted by molar-refractivity contribution is 0.387. The van der Waals surface area contributed by atoms with Crippen molar-refractivity contribution in [1.82, 2.24) is 15.5 Å². The minimum Gasteiger partial charge on any atom is -0.403 e. The van der Waals surface area contributed by atoms with Crippen molar-refractivity contribution in [2.45, 2.75) is 30.7 Å². The lowest BCUT2D eigenvalue weighted by atomic mass is 10.0. The van der Waals surface area contributed by atoms with Gasteiger partial charge >= 0.3 is 6.01 Å². The second kappa shape index (κ2) is 7.50. The van der Waals surface area contributed by atoms with Crippen LogP contribution in [0.4, 0.5) is 6.01 Å². The molecule has 2 aliphatic rings. The Bertz CT molecular complexity index is 917. The average Bonchev–Trinajstić information content (AvgIpc) is 3.49. The van der Waals surface area contributed by atoms with Crippen molar-refractivity contribution in [1.29, 1.82) is 0 Å². The number of rotatable bonds is 4. The van der Waals surface area contributed by atoms with Gasteiger partial charge in [-0.25, -0.2) is 0 Å². The molecule has 2 unspecified atom stereocenters. The number of aromatic nitrogens is 2. The summed E-state index contributed by atoms with van der Waals surface area (Å²) in [5.41, 5.74) is 2.20. The number of hydrogen-bond donors (Lipinski definition) is 1. The van der Waals surface area contributed by atoms with Crippen molar-refractivity contribution in [3.05, 3.63) is 58.9 Å². The largest absolute Gasteiger partial charge is 0.403 e. The highest BCUT2D eigenvalue weighted by Gasteiger charge is 2.37. The molecule has 1 aromatic carbocycles. The van der Waals surface area contributed by atoms with Crippen LogP contribution in [-0.4, -0.2) is 28.2 Å². The quantitative estimate of drug-likeness (QED) is 0.682.